The Labute approximate surface area is 140 Å². The van der Waals surface area contributed by atoms with E-state index in [4.69, 9.17) is 18.9 Å². The van der Waals surface area contributed by atoms with E-state index in [2.05, 4.69) is 0 Å². The van der Waals surface area contributed by atoms with Crippen molar-refractivity contribution in [3.63, 3.8) is 0 Å². The molecule has 0 amide bonds. The van der Waals surface area contributed by atoms with Gasteiger partial charge in [0.15, 0.2) is 11.5 Å². The first-order valence-corrected chi connectivity index (χ1v) is 7.70. The summed E-state index contributed by atoms with van der Waals surface area (Å²) in [5.74, 6) is -2.47. The summed E-state index contributed by atoms with van der Waals surface area (Å²) in [6, 6.07) is 2.95. The number of esters is 2. The van der Waals surface area contributed by atoms with Gasteiger partial charge in [0, 0.05) is 12.0 Å². The molecule has 132 valence electrons. The minimum atomic E-state index is -1.55. The van der Waals surface area contributed by atoms with Crippen molar-refractivity contribution in [3.05, 3.63) is 17.7 Å². The summed E-state index contributed by atoms with van der Waals surface area (Å²) in [5, 5.41) is 10.1. The third kappa shape index (κ3) is 3.55. The number of hydrogen-bond acceptors (Lipinski definition) is 7. The Kier molecular flexibility index (Phi) is 5.21. The zero-order valence-electron chi connectivity index (χ0n) is 14.3. The lowest BCUT2D eigenvalue weighted by Crippen LogP contribution is -2.43. The van der Waals surface area contributed by atoms with Gasteiger partial charge in [-0.25, -0.2) is 0 Å². The maximum Gasteiger partial charge on any atom is 0.320 e. The van der Waals surface area contributed by atoms with Crippen molar-refractivity contribution in [3.8, 4) is 17.2 Å². The molecule has 0 unspecified atom stereocenters. The zero-order chi connectivity index (χ0) is 17.9. The molecule has 1 aliphatic heterocycles. The van der Waals surface area contributed by atoms with Crippen LogP contribution in [0.3, 0.4) is 0 Å². The topological polar surface area (TPSA) is 91.3 Å². The summed E-state index contributed by atoms with van der Waals surface area (Å²) >= 11 is 0. The van der Waals surface area contributed by atoms with E-state index in [0.717, 1.165) is 0 Å². The first-order chi connectivity index (χ1) is 11.3. The Morgan fingerprint density at radius 1 is 1.12 bits per heavy atom. The first-order valence-electron chi connectivity index (χ1n) is 7.70. The van der Waals surface area contributed by atoms with Crippen LogP contribution in [0.1, 0.15) is 38.7 Å². The molecule has 7 heteroatoms. The average molecular weight is 338 g/mol. The molecule has 0 spiro atoms. The molecule has 0 atom stereocenters. The van der Waals surface area contributed by atoms with E-state index in [0.29, 0.717) is 24.3 Å². The minimum Gasteiger partial charge on any atom is -0.502 e. The zero-order valence-corrected chi connectivity index (χ0v) is 14.3. The van der Waals surface area contributed by atoms with E-state index in [1.165, 1.54) is 26.4 Å². The van der Waals surface area contributed by atoms with E-state index < -0.39 is 24.1 Å². The molecule has 1 heterocycles. The van der Waals surface area contributed by atoms with Crippen LogP contribution < -0.4 is 9.47 Å². The number of rotatable bonds is 6. The summed E-state index contributed by atoms with van der Waals surface area (Å²) in [6.45, 7) is 4.02. The van der Waals surface area contributed by atoms with E-state index >= 15 is 0 Å². The molecule has 1 aliphatic rings. The average Bonchev–Trinajstić information content (AvgIpc) is 2.52. The van der Waals surface area contributed by atoms with Crippen LogP contribution in [0.2, 0.25) is 0 Å². The Hall–Kier alpha value is -2.44. The number of hydrogen-bond donors (Lipinski definition) is 1. The maximum absolute atomic E-state index is 11.8. The number of methoxy groups -OCH3 is 2. The van der Waals surface area contributed by atoms with Crippen molar-refractivity contribution in [1.82, 2.24) is 0 Å². The van der Waals surface area contributed by atoms with Crippen LogP contribution in [-0.2, 0) is 24.8 Å². The minimum absolute atomic E-state index is 0.131. The molecule has 7 nitrogen and oxygen atoms in total. The molecule has 0 aromatic heterocycles. The molecule has 24 heavy (non-hydrogen) atoms. The summed E-state index contributed by atoms with van der Waals surface area (Å²) in [6.07, 6.45) is 0.529. The van der Waals surface area contributed by atoms with Crippen LogP contribution in [0.5, 0.6) is 17.2 Å². The van der Waals surface area contributed by atoms with Crippen LogP contribution in [0, 0.1) is 5.92 Å². The van der Waals surface area contributed by atoms with Crippen LogP contribution >= 0.6 is 0 Å². The van der Waals surface area contributed by atoms with Gasteiger partial charge in [-0.05, 0) is 24.5 Å². The second-order valence-electron chi connectivity index (χ2n) is 6.04. The predicted octanol–water partition coefficient (Wildman–Crippen LogP) is 2.49. The number of aromatic hydroxyl groups is 1. The first kappa shape index (κ1) is 17.9. The number of cyclic esters (lactones) is 2. The highest BCUT2D eigenvalue weighted by molar-refractivity contribution is 5.93. The predicted molar refractivity (Wildman–Crippen MR) is 83.8 cm³/mol. The number of benzene rings is 1. The van der Waals surface area contributed by atoms with Crippen molar-refractivity contribution in [2.75, 3.05) is 14.2 Å². The van der Waals surface area contributed by atoms with Crippen LogP contribution in [0.4, 0.5) is 0 Å². The van der Waals surface area contributed by atoms with Crippen molar-refractivity contribution < 1.29 is 33.6 Å². The highest BCUT2D eigenvalue weighted by atomic mass is 16.7. The lowest BCUT2D eigenvalue weighted by molar-refractivity contribution is -0.253. The molecule has 1 saturated heterocycles. The molecule has 0 radical (unpaired) electrons. The quantitative estimate of drug-likeness (QED) is 0.629. The molecule has 1 aromatic carbocycles. The van der Waals surface area contributed by atoms with E-state index in [1.807, 2.05) is 13.8 Å². The molecule has 1 fully saturated rings. The Morgan fingerprint density at radius 2 is 1.62 bits per heavy atom. The van der Waals surface area contributed by atoms with Crippen molar-refractivity contribution in [2.45, 2.75) is 38.9 Å². The third-order valence-corrected chi connectivity index (χ3v) is 3.82. The Balaban J connectivity index is 2.54. The highest BCUT2D eigenvalue weighted by Crippen LogP contribution is 2.44. The number of ether oxygens (including phenoxy) is 4. The van der Waals surface area contributed by atoms with Gasteiger partial charge in [0.25, 0.3) is 5.79 Å². The molecule has 0 saturated carbocycles. The monoisotopic (exact) mass is 338 g/mol. The normalized spacial score (nSPS) is 16.5. The van der Waals surface area contributed by atoms with Gasteiger partial charge >= 0.3 is 11.9 Å². The Morgan fingerprint density at radius 3 is 2.04 bits per heavy atom. The molecule has 2 rings (SSSR count). The van der Waals surface area contributed by atoms with Crippen molar-refractivity contribution >= 4 is 11.9 Å². The number of carbonyl (C=O) groups excluding carboxylic acids is 2. The summed E-state index contributed by atoms with van der Waals surface area (Å²) in [7, 11) is 2.77. The summed E-state index contributed by atoms with van der Waals surface area (Å²) in [4.78, 5) is 23.7. The van der Waals surface area contributed by atoms with E-state index in [9.17, 15) is 14.7 Å². The fraction of sp³-hybridized carbons (Fsp3) is 0.529. The van der Waals surface area contributed by atoms with Gasteiger partial charge in [0.1, 0.15) is 6.42 Å². The SMILES string of the molecule is COc1cc(C2(CCC(C)C)OC(=O)CC(=O)O2)cc(OC)c1O. The number of phenolic OH excluding ortho intramolecular Hbond substituents is 1. The fourth-order valence-corrected chi connectivity index (χ4v) is 2.53. The maximum atomic E-state index is 11.8. The highest BCUT2D eigenvalue weighted by Gasteiger charge is 2.45. The summed E-state index contributed by atoms with van der Waals surface area (Å²) in [5.41, 5.74) is 0.371. The fourth-order valence-electron chi connectivity index (χ4n) is 2.53. The van der Waals surface area contributed by atoms with Gasteiger partial charge in [0.2, 0.25) is 5.75 Å². The molecule has 1 N–H and O–H groups in total. The van der Waals surface area contributed by atoms with Gasteiger partial charge in [-0.1, -0.05) is 13.8 Å². The van der Waals surface area contributed by atoms with E-state index in [1.54, 1.807) is 0 Å². The third-order valence-electron chi connectivity index (χ3n) is 3.82. The summed E-state index contributed by atoms with van der Waals surface area (Å²) < 4.78 is 21.2. The smallest absolute Gasteiger partial charge is 0.320 e. The Bertz CT molecular complexity index is 595. The van der Waals surface area contributed by atoms with E-state index in [-0.39, 0.29) is 17.2 Å². The lowest BCUT2D eigenvalue weighted by Gasteiger charge is -2.36. The molecule has 0 bridgehead atoms. The van der Waals surface area contributed by atoms with Gasteiger partial charge < -0.3 is 24.1 Å². The van der Waals surface area contributed by atoms with Crippen molar-refractivity contribution in [2.24, 2.45) is 5.92 Å². The second kappa shape index (κ2) is 6.98. The lowest BCUT2D eigenvalue weighted by atomic mass is 9.94. The molecular weight excluding hydrogens is 316 g/mol. The second-order valence-corrected chi connectivity index (χ2v) is 6.04. The van der Waals surface area contributed by atoms with Gasteiger partial charge in [-0.15, -0.1) is 0 Å². The number of phenols is 1. The van der Waals surface area contributed by atoms with Gasteiger partial charge in [-0.3, -0.25) is 9.59 Å². The largest absolute Gasteiger partial charge is 0.502 e. The van der Waals surface area contributed by atoms with Gasteiger partial charge in [-0.2, -0.15) is 0 Å². The van der Waals surface area contributed by atoms with Crippen LogP contribution in [-0.4, -0.2) is 31.3 Å². The van der Waals surface area contributed by atoms with Crippen LogP contribution in [0.25, 0.3) is 0 Å². The van der Waals surface area contributed by atoms with Crippen LogP contribution in [0.15, 0.2) is 12.1 Å². The molecule has 1 aromatic rings. The standard InChI is InChI=1S/C17H22O7/c1-10(2)5-6-17(23-14(18)9-15(19)24-17)11-7-12(21-3)16(20)13(8-11)22-4/h7-8,10,20H,5-6,9H2,1-4H3. The molecular formula is C17H22O7. The van der Waals surface area contributed by atoms with Gasteiger partial charge in [0.05, 0.1) is 14.2 Å². The number of carbonyl (C=O) groups is 2. The van der Waals surface area contributed by atoms with Crippen molar-refractivity contribution in [1.29, 1.82) is 0 Å². The molecule has 0 aliphatic carbocycles.